The summed E-state index contributed by atoms with van der Waals surface area (Å²) < 4.78 is 1.81. The molecule has 3 aromatic carbocycles. The smallest absolute Gasteiger partial charge is 0.251 e. The van der Waals surface area contributed by atoms with Gasteiger partial charge in [0, 0.05) is 54.3 Å². The van der Waals surface area contributed by atoms with Crippen LogP contribution < -0.4 is 15.8 Å². The first-order valence-corrected chi connectivity index (χ1v) is 11.6. The van der Waals surface area contributed by atoms with Crippen molar-refractivity contribution in [1.29, 1.82) is 0 Å². The molecule has 2 heterocycles. The Balaban J connectivity index is 1.38. The zero-order chi connectivity index (χ0) is 22.8. The van der Waals surface area contributed by atoms with Crippen LogP contribution in [-0.2, 0) is 6.54 Å². The van der Waals surface area contributed by atoms with Gasteiger partial charge in [-0.15, -0.1) is 0 Å². The molecule has 0 atom stereocenters. The van der Waals surface area contributed by atoms with Gasteiger partial charge in [-0.2, -0.15) is 0 Å². The fourth-order valence-corrected chi connectivity index (χ4v) is 4.41. The summed E-state index contributed by atoms with van der Waals surface area (Å²) in [5.41, 5.74) is 5.14. The number of likely N-dealkylation sites (N-methyl/N-ethyl adjacent to an activating group) is 1. The number of nitrogens with one attached hydrogen (secondary N) is 1. The monoisotopic (exact) mass is 458 g/mol. The van der Waals surface area contributed by atoms with Gasteiger partial charge >= 0.3 is 0 Å². The molecule has 6 heteroatoms. The molecule has 5 nitrogen and oxygen atoms in total. The minimum Gasteiger partial charge on any atom is -0.369 e. The normalized spacial score (nSPS) is 14.5. The van der Waals surface area contributed by atoms with Crippen molar-refractivity contribution in [2.45, 2.75) is 6.54 Å². The number of rotatable bonds is 5. The van der Waals surface area contributed by atoms with Crippen LogP contribution in [0.25, 0.3) is 10.9 Å². The Hall–Kier alpha value is -3.28. The average Bonchev–Trinajstić information content (AvgIpc) is 2.83. The van der Waals surface area contributed by atoms with E-state index in [1.165, 1.54) is 5.69 Å². The van der Waals surface area contributed by atoms with E-state index in [2.05, 4.69) is 46.4 Å². The molecule has 0 unspecified atom stereocenters. The number of piperazine rings is 1. The standard InChI is InChI=1S/C27H27ClN4O/c1-30-14-16-31(17-15-30)25-11-9-23(10-12-25)29-24-8-4-21-5-13-27(33)32(26(21)18-24)19-20-2-6-22(28)7-3-20/h2-13,18,29H,14-17,19H2,1H3. The SMILES string of the molecule is CN1CCN(c2ccc(Nc3ccc4ccc(=O)n(Cc5ccc(Cl)cc5)c4c3)cc2)CC1. The number of hydrogen-bond acceptors (Lipinski definition) is 4. The highest BCUT2D eigenvalue weighted by Gasteiger charge is 2.14. The molecule has 1 aliphatic rings. The van der Waals surface area contributed by atoms with Crippen LogP contribution in [-0.4, -0.2) is 42.7 Å². The van der Waals surface area contributed by atoms with Crippen molar-refractivity contribution in [3.8, 4) is 0 Å². The highest BCUT2D eigenvalue weighted by atomic mass is 35.5. The second-order valence-electron chi connectivity index (χ2n) is 8.62. The first-order chi connectivity index (χ1) is 16.0. The van der Waals surface area contributed by atoms with Gasteiger partial charge in [0.1, 0.15) is 0 Å². The molecular formula is C27H27ClN4O. The number of hydrogen-bond donors (Lipinski definition) is 1. The molecule has 1 saturated heterocycles. The molecule has 0 amide bonds. The fourth-order valence-electron chi connectivity index (χ4n) is 4.29. The van der Waals surface area contributed by atoms with Crippen LogP contribution in [0.5, 0.6) is 0 Å². The lowest BCUT2D eigenvalue weighted by molar-refractivity contribution is 0.313. The van der Waals surface area contributed by atoms with Gasteiger partial charge in [-0.1, -0.05) is 29.8 Å². The minimum atomic E-state index is -0.0221. The molecule has 5 rings (SSSR count). The van der Waals surface area contributed by atoms with Crippen LogP contribution in [0, 0.1) is 0 Å². The molecule has 1 N–H and O–H groups in total. The van der Waals surface area contributed by atoms with E-state index in [1.54, 1.807) is 10.6 Å². The second-order valence-corrected chi connectivity index (χ2v) is 9.06. The summed E-state index contributed by atoms with van der Waals surface area (Å²) in [6, 6.07) is 25.8. The van der Waals surface area contributed by atoms with E-state index in [4.69, 9.17) is 11.6 Å². The van der Waals surface area contributed by atoms with E-state index in [0.717, 1.165) is 54.0 Å². The van der Waals surface area contributed by atoms with Crippen LogP contribution in [0.1, 0.15) is 5.56 Å². The van der Waals surface area contributed by atoms with Gasteiger partial charge in [-0.25, -0.2) is 0 Å². The van der Waals surface area contributed by atoms with E-state index in [1.807, 2.05) is 48.5 Å². The number of aromatic nitrogens is 1. The molecule has 0 saturated carbocycles. The van der Waals surface area contributed by atoms with Crippen molar-refractivity contribution < 1.29 is 0 Å². The highest BCUT2D eigenvalue weighted by molar-refractivity contribution is 6.30. The van der Waals surface area contributed by atoms with Gasteiger partial charge < -0.3 is 19.7 Å². The van der Waals surface area contributed by atoms with Crippen molar-refractivity contribution in [2.24, 2.45) is 0 Å². The van der Waals surface area contributed by atoms with Crippen LogP contribution in [0.15, 0.2) is 83.7 Å². The lowest BCUT2D eigenvalue weighted by Gasteiger charge is -2.34. The van der Waals surface area contributed by atoms with Gasteiger partial charge in [0.05, 0.1) is 12.1 Å². The first-order valence-electron chi connectivity index (χ1n) is 11.2. The van der Waals surface area contributed by atoms with Crippen molar-refractivity contribution in [1.82, 2.24) is 9.47 Å². The van der Waals surface area contributed by atoms with Gasteiger partial charge in [0.2, 0.25) is 0 Å². The van der Waals surface area contributed by atoms with E-state index < -0.39 is 0 Å². The Kier molecular flexibility index (Phi) is 6.07. The third kappa shape index (κ3) is 4.90. The molecule has 0 radical (unpaired) electrons. The van der Waals surface area contributed by atoms with E-state index in [-0.39, 0.29) is 5.56 Å². The number of halogens is 1. The van der Waals surface area contributed by atoms with Gasteiger partial charge in [-0.05, 0) is 72.6 Å². The fraction of sp³-hybridized carbons (Fsp3) is 0.222. The maximum absolute atomic E-state index is 12.7. The van der Waals surface area contributed by atoms with Gasteiger partial charge in [-0.3, -0.25) is 4.79 Å². The molecule has 0 spiro atoms. The molecule has 4 aromatic rings. The maximum atomic E-state index is 12.7. The third-order valence-corrected chi connectivity index (χ3v) is 6.52. The molecule has 0 bridgehead atoms. The highest BCUT2D eigenvalue weighted by Crippen LogP contribution is 2.25. The lowest BCUT2D eigenvalue weighted by Crippen LogP contribution is -2.44. The van der Waals surface area contributed by atoms with Crippen molar-refractivity contribution in [3.05, 3.63) is 99.8 Å². The number of fused-ring (bicyclic) bond motifs is 1. The summed E-state index contributed by atoms with van der Waals surface area (Å²) in [4.78, 5) is 17.5. The Morgan fingerprint density at radius 1 is 0.818 bits per heavy atom. The number of pyridine rings is 1. The Morgan fingerprint density at radius 3 is 2.21 bits per heavy atom. The minimum absolute atomic E-state index is 0.0221. The molecule has 1 fully saturated rings. The van der Waals surface area contributed by atoms with Crippen LogP contribution in [0.2, 0.25) is 5.02 Å². The summed E-state index contributed by atoms with van der Waals surface area (Å²) in [6.07, 6.45) is 0. The molecular weight excluding hydrogens is 432 g/mol. The van der Waals surface area contributed by atoms with Crippen LogP contribution in [0.3, 0.4) is 0 Å². The van der Waals surface area contributed by atoms with Crippen molar-refractivity contribution in [2.75, 3.05) is 43.4 Å². The zero-order valence-corrected chi connectivity index (χ0v) is 19.4. The summed E-state index contributed by atoms with van der Waals surface area (Å²) in [5, 5.41) is 5.21. The lowest BCUT2D eigenvalue weighted by atomic mass is 10.1. The Morgan fingerprint density at radius 2 is 1.48 bits per heavy atom. The Bertz CT molecular complexity index is 1310. The summed E-state index contributed by atoms with van der Waals surface area (Å²) in [5.74, 6) is 0. The molecule has 168 valence electrons. The number of anilines is 3. The molecule has 1 aromatic heterocycles. The Labute approximate surface area is 198 Å². The van der Waals surface area contributed by atoms with Crippen LogP contribution >= 0.6 is 11.6 Å². The van der Waals surface area contributed by atoms with Crippen molar-refractivity contribution >= 4 is 39.6 Å². The summed E-state index contributed by atoms with van der Waals surface area (Å²) in [7, 11) is 2.17. The van der Waals surface area contributed by atoms with E-state index in [0.29, 0.717) is 11.6 Å². The quantitative estimate of drug-likeness (QED) is 0.446. The number of benzene rings is 3. The van der Waals surface area contributed by atoms with E-state index in [9.17, 15) is 4.79 Å². The second kappa shape index (κ2) is 9.30. The maximum Gasteiger partial charge on any atom is 0.251 e. The van der Waals surface area contributed by atoms with E-state index >= 15 is 0 Å². The molecule has 33 heavy (non-hydrogen) atoms. The zero-order valence-electron chi connectivity index (χ0n) is 18.7. The molecule has 1 aliphatic heterocycles. The van der Waals surface area contributed by atoms with Crippen LogP contribution in [0.4, 0.5) is 17.1 Å². The number of nitrogens with zero attached hydrogens (tertiary/aromatic N) is 3. The predicted octanol–water partition coefficient (Wildman–Crippen LogP) is 5.20. The predicted molar refractivity (Wildman–Crippen MR) is 138 cm³/mol. The summed E-state index contributed by atoms with van der Waals surface area (Å²) >= 11 is 6.02. The topological polar surface area (TPSA) is 40.5 Å². The molecule has 0 aliphatic carbocycles. The van der Waals surface area contributed by atoms with Gasteiger partial charge in [0.15, 0.2) is 0 Å². The van der Waals surface area contributed by atoms with Crippen molar-refractivity contribution in [3.63, 3.8) is 0 Å². The largest absolute Gasteiger partial charge is 0.369 e. The summed E-state index contributed by atoms with van der Waals surface area (Å²) in [6.45, 7) is 4.79. The third-order valence-electron chi connectivity index (χ3n) is 6.27. The average molecular weight is 459 g/mol. The first kappa shape index (κ1) is 21.6. The van der Waals surface area contributed by atoms with Gasteiger partial charge in [0.25, 0.3) is 5.56 Å².